The van der Waals surface area contributed by atoms with Crippen LogP contribution in [-0.2, 0) is 19.1 Å². The summed E-state index contributed by atoms with van der Waals surface area (Å²) in [7, 11) is 0. The molecule has 4 unspecified atom stereocenters. The molecule has 0 aliphatic carbocycles. The van der Waals surface area contributed by atoms with Gasteiger partial charge in [-0.2, -0.15) is 0 Å². The Morgan fingerprint density at radius 1 is 0.741 bits per heavy atom. The zero-order chi connectivity index (χ0) is 20.8. The van der Waals surface area contributed by atoms with E-state index in [0.29, 0.717) is 6.42 Å². The molecule has 4 nitrogen and oxygen atoms in total. The Morgan fingerprint density at radius 3 is 1.56 bits per heavy atom. The van der Waals surface area contributed by atoms with E-state index in [0.717, 1.165) is 51.4 Å². The van der Waals surface area contributed by atoms with Crippen LogP contribution in [0.1, 0.15) is 106 Å². The molecule has 27 heavy (non-hydrogen) atoms. The van der Waals surface area contributed by atoms with Crippen molar-refractivity contribution >= 4 is 11.9 Å². The van der Waals surface area contributed by atoms with Crippen LogP contribution in [0.25, 0.3) is 0 Å². The Hall–Kier alpha value is -1.06. The highest BCUT2D eigenvalue weighted by molar-refractivity contribution is 5.73. The molecule has 0 rings (SSSR count). The lowest BCUT2D eigenvalue weighted by molar-refractivity contribution is -0.162. The molecule has 0 saturated heterocycles. The molecule has 0 amide bonds. The summed E-state index contributed by atoms with van der Waals surface area (Å²) in [5.41, 5.74) is 0. The summed E-state index contributed by atoms with van der Waals surface area (Å²) in [6.45, 7) is 14.3. The summed E-state index contributed by atoms with van der Waals surface area (Å²) in [6, 6.07) is 0. The molecule has 0 aliphatic heterocycles. The van der Waals surface area contributed by atoms with Crippen LogP contribution in [0.3, 0.4) is 0 Å². The molecule has 0 radical (unpaired) electrons. The van der Waals surface area contributed by atoms with Crippen molar-refractivity contribution in [1.82, 2.24) is 0 Å². The topological polar surface area (TPSA) is 52.6 Å². The Kier molecular flexibility index (Phi) is 14.3. The quantitative estimate of drug-likeness (QED) is 0.310. The van der Waals surface area contributed by atoms with Crippen molar-refractivity contribution in [2.45, 2.75) is 118 Å². The van der Waals surface area contributed by atoms with Gasteiger partial charge in [0.2, 0.25) is 0 Å². The zero-order valence-electron chi connectivity index (χ0n) is 18.9. The van der Waals surface area contributed by atoms with Crippen molar-refractivity contribution in [2.75, 3.05) is 0 Å². The summed E-state index contributed by atoms with van der Waals surface area (Å²) in [4.78, 5) is 24.9. The van der Waals surface area contributed by atoms with E-state index in [2.05, 4.69) is 27.7 Å². The first-order valence-electron chi connectivity index (χ1n) is 11.2. The van der Waals surface area contributed by atoms with Gasteiger partial charge in [-0.15, -0.1) is 0 Å². The summed E-state index contributed by atoms with van der Waals surface area (Å²) < 4.78 is 11.5. The van der Waals surface area contributed by atoms with Crippen LogP contribution < -0.4 is 0 Å². The largest absolute Gasteiger partial charge is 0.462 e. The molecule has 160 valence electrons. The normalized spacial score (nSPS) is 15.9. The average molecular weight is 385 g/mol. The minimum absolute atomic E-state index is 0.0223. The maximum atomic E-state index is 12.5. The third kappa shape index (κ3) is 10.8. The van der Waals surface area contributed by atoms with E-state index in [9.17, 15) is 9.59 Å². The first-order valence-corrected chi connectivity index (χ1v) is 11.2. The maximum absolute atomic E-state index is 12.5. The number of ether oxygens (including phenoxy) is 2. The van der Waals surface area contributed by atoms with E-state index in [1.54, 1.807) is 0 Å². The van der Waals surface area contributed by atoms with Crippen molar-refractivity contribution in [3.05, 3.63) is 0 Å². The standard InChI is InChI=1S/C23H44O4/c1-8-12-14-19(10-3)22(24)26-18(7)16-21(17(5)6)27-23(25)20(11-4)15-13-9-2/h17-21H,8-16H2,1-7H3. The molecule has 0 fully saturated rings. The van der Waals surface area contributed by atoms with Crippen LogP contribution >= 0.6 is 0 Å². The van der Waals surface area contributed by atoms with Crippen molar-refractivity contribution in [3.8, 4) is 0 Å². The van der Waals surface area contributed by atoms with Crippen molar-refractivity contribution < 1.29 is 19.1 Å². The highest BCUT2D eigenvalue weighted by atomic mass is 16.6. The van der Waals surface area contributed by atoms with E-state index in [4.69, 9.17) is 9.47 Å². The molecule has 4 atom stereocenters. The summed E-state index contributed by atoms with van der Waals surface area (Å²) in [6.07, 6.45) is 7.75. The molecule has 0 aromatic carbocycles. The Morgan fingerprint density at radius 2 is 1.19 bits per heavy atom. The lowest BCUT2D eigenvalue weighted by Crippen LogP contribution is -2.32. The molecule has 0 aliphatic rings. The smallest absolute Gasteiger partial charge is 0.309 e. The van der Waals surface area contributed by atoms with Gasteiger partial charge < -0.3 is 9.47 Å². The third-order valence-electron chi connectivity index (χ3n) is 5.36. The van der Waals surface area contributed by atoms with Gasteiger partial charge >= 0.3 is 11.9 Å². The lowest BCUT2D eigenvalue weighted by atomic mass is 9.97. The van der Waals surface area contributed by atoms with Crippen LogP contribution in [0.4, 0.5) is 0 Å². The highest BCUT2D eigenvalue weighted by Gasteiger charge is 2.27. The van der Waals surface area contributed by atoms with Crippen molar-refractivity contribution in [1.29, 1.82) is 0 Å². The third-order valence-corrected chi connectivity index (χ3v) is 5.36. The number of carbonyl (C=O) groups is 2. The molecule has 0 heterocycles. The zero-order valence-corrected chi connectivity index (χ0v) is 18.9. The number of rotatable bonds is 15. The number of hydrogen-bond acceptors (Lipinski definition) is 4. The monoisotopic (exact) mass is 384 g/mol. The van der Waals surface area contributed by atoms with Gasteiger partial charge in [-0.05, 0) is 38.5 Å². The Labute approximate surface area is 167 Å². The van der Waals surface area contributed by atoms with Crippen LogP contribution in [0.5, 0.6) is 0 Å². The van der Waals surface area contributed by atoms with Crippen LogP contribution in [0.2, 0.25) is 0 Å². The fourth-order valence-electron chi connectivity index (χ4n) is 3.25. The van der Waals surface area contributed by atoms with E-state index < -0.39 is 0 Å². The Balaban J connectivity index is 4.70. The molecule has 0 spiro atoms. The number of carbonyl (C=O) groups excluding carboxylic acids is 2. The fourth-order valence-corrected chi connectivity index (χ4v) is 3.25. The number of hydrogen-bond donors (Lipinski definition) is 0. The van der Waals surface area contributed by atoms with Gasteiger partial charge in [0.15, 0.2) is 0 Å². The molecule has 0 aromatic rings. The Bertz CT molecular complexity index is 405. The van der Waals surface area contributed by atoms with E-state index in [1.807, 2.05) is 20.8 Å². The fraction of sp³-hybridized carbons (Fsp3) is 0.913. The molecule has 4 heteroatoms. The summed E-state index contributed by atoms with van der Waals surface area (Å²) >= 11 is 0. The van der Waals surface area contributed by atoms with E-state index in [1.165, 1.54) is 0 Å². The molecule has 0 N–H and O–H groups in total. The van der Waals surface area contributed by atoms with Crippen molar-refractivity contribution in [2.24, 2.45) is 17.8 Å². The van der Waals surface area contributed by atoms with Gasteiger partial charge in [-0.1, -0.05) is 67.2 Å². The lowest BCUT2D eigenvalue weighted by Gasteiger charge is -2.27. The summed E-state index contributed by atoms with van der Waals surface area (Å²) in [5, 5.41) is 0. The van der Waals surface area contributed by atoms with Crippen LogP contribution in [0.15, 0.2) is 0 Å². The van der Waals surface area contributed by atoms with Gasteiger partial charge in [-0.3, -0.25) is 9.59 Å². The van der Waals surface area contributed by atoms with Gasteiger partial charge in [0.1, 0.15) is 12.2 Å². The van der Waals surface area contributed by atoms with Gasteiger partial charge in [0.25, 0.3) is 0 Å². The second-order valence-electron chi connectivity index (χ2n) is 8.20. The van der Waals surface area contributed by atoms with Crippen molar-refractivity contribution in [3.63, 3.8) is 0 Å². The van der Waals surface area contributed by atoms with E-state index in [-0.39, 0.29) is 41.9 Å². The van der Waals surface area contributed by atoms with Gasteiger partial charge in [-0.25, -0.2) is 0 Å². The maximum Gasteiger partial charge on any atom is 0.309 e. The first kappa shape index (κ1) is 25.9. The predicted octanol–water partition coefficient (Wildman–Crippen LogP) is 6.31. The number of unbranched alkanes of at least 4 members (excludes halogenated alkanes) is 2. The molecular weight excluding hydrogens is 340 g/mol. The molecule has 0 bridgehead atoms. The SMILES string of the molecule is CCCCC(CC)C(=O)OC(C)CC(OC(=O)C(CC)CCCC)C(C)C. The van der Waals surface area contributed by atoms with Crippen LogP contribution in [-0.4, -0.2) is 24.1 Å². The second-order valence-corrected chi connectivity index (χ2v) is 8.20. The molecule has 0 aromatic heterocycles. The first-order chi connectivity index (χ1) is 12.8. The average Bonchev–Trinajstić information content (AvgIpc) is 2.62. The minimum Gasteiger partial charge on any atom is -0.462 e. The highest BCUT2D eigenvalue weighted by Crippen LogP contribution is 2.22. The van der Waals surface area contributed by atoms with Gasteiger partial charge in [0, 0.05) is 6.42 Å². The predicted molar refractivity (Wildman–Crippen MR) is 112 cm³/mol. The van der Waals surface area contributed by atoms with Gasteiger partial charge in [0.05, 0.1) is 11.8 Å². The molecule has 0 saturated carbocycles. The second kappa shape index (κ2) is 14.9. The minimum atomic E-state index is -0.246. The van der Waals surface area contributed by atoms with Crippen LogP contribution in [0, 0.1) is 17.8 Å². The number of esters is 2. The molecular formula is C23H44O4. The van der Waals surface area contributed by atoms with E-state index >= 15 is 0 Å². The summed E-state index contributed by atoms with van der Waals surface area (Å²) in [5.74, 6) is -0.0615.